The summed E-state index contributed by atoms with van der Waals surface area (Å²) in [6.07, 6.45) is 0.303. The molecule has 3 amide bonds. The highest BCUT2D eigenvalue weighted by molar-refractivity contribution is 6.06. The topological polar surface area (TPSA) is 158 Å². The van der Waals surface area contributed by atoms with E-state index in [1.165, 1.54) is 4.90 Å². The first-order chi connectivity index (χ1) is 17.3. The van der Waals surface area contributed by atoms with Crippen molar-refractivity contribution in [2.24, 2.45) is 17.6 Å². The Morgan fingerprint density at radius 1 is 1.11 bits per heavy atom. The fraction of sp³-hybridized carbons (Fsp3) is 0.360. The van der Waals surface area contributed by atoms with Gasteiger partial charge in [0.15, 0.2) is 11.5 Å². The molecule has 0 spiro atoms. The Kier molecular flexibility index (Phi) is 6.10. The smallest absolute Gasteiger partial charge is 0.243 e. The second-order valence-electron chi connectivity index (χ2n) is 9.29. The average molecular weight is 494 g/mol. The first-order valence-electron chi connectivity index (χ1n) is 11.6. The number of carbonyl (C=O) groups is 3. The van der Waals surface area contributed by atoms with Crippen LogP contribution in [0.5, 0.6) is 11.5 Å². The van der Waals surface area contributed by atoms with Crippen molar-refractivity contribution in [1.82, 2.24) is 15.3 Å². The predicted molar refractivity (Wildman–Crippen MR) is 126 cm³/mol. The maximum atomic E-state index is 13.7. The minimum absolute atomic E-state index is 0.00829. The van der Waals surface area contributed by atoms with Gasteiger partial charge in [-0.05, 0) is 36.7 Å². The van der Waals surface area contributed by atoms with E-state index in [0.717, 1.165) is 11.1 Å². The minimum Gasteiger partial charge on any atom is -0.454 e. The van der Waals surface area contributed by atoms with Crippen molar-refractivity contribution < 1.29 is 29.1 Å². The van der Waals surface area contributed by atoms with Gasteiger partial charge in [-0.2, -0.15) is 0 Å². The number of rotatable bonds is 7. The number of amides is 3. The molecule has 0 radical (unpaired) electrons. The van der Waals surface area contributed by atoms with E-state index in [4.69, 9.17) is 25.8 Å². The third kappa shape index (κ3) is 3.95. The van der Waals surface area contributed by atoms with Gasteiger partial charge in [0.05, 0.1) is 18.4 Å². The maximum absolute atomic E-state index is 13.7. The van der Waals surface area contributed by atoms with E-state index in [9.17, 15) is 14.4 Å². The number of imide groups is 1. The summed E-state index contributed by atoms with van der Waals surface area (Å²) in [6, 6.07) is 11.6. The molecule has 5 N–H and O–H groups in total. The summed E-state index contributed by atoms with van der Waals surface area (Å²) >= 11 is 0. The highest BCUT2D eigenvalue weighted by atomic mass is 16.7. The molecular formula is C25H27N5O6. The molecule has 3 heterocycles. The van der Waals surface area contributed by atoms with E-state index in [1.807, 2.05) is 24.1 Å². The van der Waals surface area contributed by atoms with Gasteiger partial charge in [-0.15, -0.1) is 0 Å². The summed E-state index contributed by atoms with van der Waals surface area (Å²) in [5, 5.41) is 16.6. The lowest BCUT2D eigenvalue weighted by atomic mass is 9.85. The van der Waals surface area contributed by atoms with Crippen LogP contribution in [0.15, 0.2) is 42.5 Å². The number of nitrogen functional groups attached to an aromatic ring is 1. The fourth-order valence-corrected chi connectivity index (χ4v) is 5.62. The molecule has 5 rings (SSSR count). The molecule has 3 aliphatic rings. The zero-order valence-corrected chi connectivity index (χ0v) is 19.6. The quantitative estimate of drug-likeness (QED) is 0.147. The minimum atomic E-state index is -0.638. The summed E-state index contributed by atoms with van der Waals surface area (Å²) < 4.78 is 10.8. The Morgan fingerprint density at radius 3 is 2.50 bits per heavy atom. The molecule has 36 heavy (non-hydrogen) atoms. The monoisotopic (exact) mass is 493 g/mol. The van der Waals surface area contributed by atoms with Crippen molar-refractivity contribution in [3.63, 3.8) is 0 Å². The third-order valence-corrected chi connectivity index (χ3v) is 7.34. The van der Waals surface area contributed by atoms with E-state index in [1.54, 1.807) is 35.8 Å². The van der Waals surface area contributed by atoms with E-state index >= 15 is 0 Å². The van der Waals surface area contributed by atoms with Crippen LogP contribution < -0.4 is 20.7 Å². The number of hydrogen-bond donors (Lipinski definition) is 4. The average Bonchev–Trinajstić information content (AvgIpc) is 3.52. The predicted octanol–water partition coefficient (Wildman–Crippen LogP) is 1.14. The van der Waals surface area contributed by atoms with Crippen LogP contribution in [0.2, 0.25) is 0 Å². The van der Waals surface area contributed by atoms with E-state index in [-0.39, 0.29) is 43.5 Å². The number of fused-ring (bicyclic) bond motifs is 2. The zero-order chi connectivity index (χ0) is 25.6. The van der Waals surface area contributed by atoms with Crippen molar-refractivity contribution >= 4 is 23.6 Å². The largest absolute Gasteiger partial charge is 0.454 e. The van der Waals surface area contributed by atoms with Gasteiger partial charge in [0.25, 0.3) is 0 Å². The molecular weight excluding hydrogens is 466 g/mol. The first-order valence-corrected chi connectivity index (χ1v) is 11.6. The molecule has 188 valence electrons. The van der Waals surface area contributed by atoms with Crippen molar-refractivity contribution in [2.45, 2.75) is 31.5 Å². The number of nitrogens with one attached hydrogen (secondary N) is 2. The molecule has 4 atom stereocenters. The molecule has 2 aromatic rings. The number of carbonyl (C=O) groups excluding carboxylic acids is 3. The maximum Gasteiger partial charge on any atom is 0.243 e. The summed E-state index contributed by atoms with van der Waals surface area (Å²) in [7, 11) is 1.84. The van der Waals surface area contributed by atoms with Gasteiger partial charge in [0.1, 0.15) is 5.84 Å². The zero-order valence-electron chi connectivity index (χ0n) is 19.6. The number of likely N-dealkylation sites (tertiary alicyclic amines) is 2. The first kappa shape index (κ1) is 23.8. The molecule has 2 aromatic carbocycles. The number of amidine groups is 1. The second kappa shape index (κ2) is 9.25. The standard InChI is InChI=1S/C25H27N5O6/c1-29-16(7-9-19(31)28-34)20-21(22(29)14-3-5-15(6-4-14)23(26)27)25(33)30(24(20)32)11-13-2-8-17-18(10-13)36-12-35-17/h2-6,8,10,16,20-22,34H,7,9,11-12H2,1H3,(H3,26,27)(H,28,31)/t16-,20-,21-,22-/m1/s1. The lowest BCUT2D eigenvalue weighted by molar-refractivity contribution is -0.142. The van der Waals surface area contributed by atoms with Crippen LogP contribution in [-0.2, 0) is 20.9 Å². The number of ether oxygens (including phenoxy) is 2. The number of hydrogen-bond acceptors (Lipinski definition) is 8. The molecule has 2 saturated heterocycles. The van der Waals surface area contributed by atoms with Crippen molar-refractivity contribution in [1.29, 1.82) is 5.41 Å². The molecule has 0 bridgehead atoms. The number of hydroxylamine groups is 1. The summed E-state index contributed by atoms with van der Waals surface area (Å²) in [6.45, 7) is 0.231. The molecule has 0 unspecified atom stereocenters. The van der Waals surface area contributed by atoms with E-state index < -0.39 is 23.8 Å². The van der Waals surface area contributed by atoms with Crippen LogP contribution in [0.3, 0.4) is 0 Å². The number of benzene rings is 2. The molecule has 2 fully saturated rings. The fourth-order valence-electron chi connectivity index (χ4n) is 5.62. The van der Waals surface area contributed by atoms with Gasteiger partial charge >= 0.3 is 0 Å². The lowest BCUT2D eigenvalue weighted by Gasteiger charge is -2.30. The van der Waals surface area contributed by atoms with Crippen LogP contribution >= 0.6 is 0 Å². The van der Waals surface area contributed by atoms with Gasteiger partial charge in [0.2, 0.25) is 24.5 Å². The Bertz CT molecular complexity index is 1230. The summed E-state index contributed by atoms with van der Waals surface area (Å²) in [5.74, 6) is -1.26. The molecule has 11 heteroatoms. The number of nitrogens with two attached hydrogens (primary N) is 1. The third-order valence-electron chi connectivity index (χ3n) is 7.34. The SMILES string of the molecule is CN1[C@H](CCC(=O)NO)[C@H]2C(=O)N(Cc3ccc4c(c3)OCO4)C(=O)[C@H]2[C@H]1c1ccc(C(=N)N)cc1. The normalized spacial score (nSPS) is 24.8. The molecule has 0 aromatic heterocycles. The van der Waals surface area contributed by atoms with Crippen LogP contribution in [0.4, 0.5) is 0 Å². The van der Waals surface area contributed by atoms with Crippen molar-refractivity contribution in [3.8, 4) is 11.5 Å². The Balaban J connectivity index is 1.46. The van der Waals surface area contributed by atoms with Crippen molar-refractivity contribution in [3.05, 3.63) is 59.2 Å². The van der Waals surface area contributed by atoms with Gasteiger partial charge < -0.3 is 15.2 Å². The molecule has 0 saturated carbocycles. The summed E-state index contributed by atoms with van der Waals surface area (Å²) in [4.78, 5) is 42.4. The molecule has 3 aliphatic heterocycles. The van der Waals surface area contributed by atoms with Gasteiger partial charge in [-0.3, -0.25) is 34.8 Å². The van der Waals surface area contributed by atoms with Crippen LogP contribution in [-0.4, -0.2) is 58.4 Å². The highest BCUT2D eigenvalue weighted by Crippen LogP contribution is 2.50. The van der Waals surface area contributed by atoms with Gasteiger partial charge in [-0.1, -0.05) is 30.3 Å². The highest BCUT2D eigenvalue weighted by Gasteiger charge is 2.61. The van der Waals surface area contributed by atoms with Gasteiger partial charge in [-0.25, -0.2) is 5.48 Å². The van der Waals surface area contributed by atoms with Gasteiger partial charge in [0, 0.05) is 24.1 Å². The van der Waals surface area contributed by atoms with E-state index in [0.29, 0.717) is 23.5 Å². The Morgan fingerprint density at radius 2 is 1.81 bits per heavy atom. The van der Waals surface area contributed by atoms with Crippen molar-refractivity contribution in [2.75, 3.05) is 13.8 Å². The summed E-state index contributed by atoms with van der Waals surface area (Å²) in [5.41, 5.74) is 9.34. The second-order valence-corrected chi connectivity index (χ2v) is 9.29. The van der Waals surface area contributed by atoms with E-state index in [2.05, 4.69) is 0 Å². The Hall–Kier alpha value is -3.96. The molecule has 11 nitrogen and oxygen atoms in total. The molecule has 0 aliphatic carbocycles. The lowest BCUT2D eigenvalue weighted by Crippen LogP contribution is -2.40. The number of nitrogens with zero attached hydrogens (tertiary/aromatic N) is 2. The van der Waals surface area contributed by atoms with Crippen LogP contribution in [0.25, 0.3) is 0 Å². The van der Waals surface area contributed by atoms with Crippen LogP contribution in [0, 0.1) is 17.2 Å². The Labute approximate surface area is 207 Å². The van der Waals surface area contributed by atoms with Crippen LogP contribution in [0.1, 0.15) is 35.6 Å².